The van der Waals surface area contributed by atoms with Crippen LogP contribution in [0.1, 0.15) is 23.0 Å². The lowest BCUT2D eigenvalue weighted by Gasteiger charge is -2.30. The van der Waals surface area contributed by atoms with Crippen LogP contribution in [0, 0.1) is 6.92 Å². The van der Waals surface area contributed by atoms with Crippen molar-refractivity contribution in [3.63, 3.8) is 0 Å². The lowest BCUT2D eigenvalue weighted by atomic mass is 10.1. The van der Waals surface area contributed by atoms with Gasteiger partial charge >= 0.3 is 0 Å². The molecule has 3 aromatic rings. The molecule has 0 spiro atoms. The number of aromatic nitrogens is 1. The number of nitrogens with one attached hydrogen (secondary N) is 1. The second-order valence-electron chi connectivity index (χ2n) is 7.06. The summed E-state index contributed by atoms with van der Waals surface area (Å²) < 4.78 is 10.9. The molecule has 6 nitrogen and oxygen atoms in total. The average molecular weight is 391 g/mol. The van der Waals surface area contributed by atoms with E-state index < -0.39 is 0 Å². The molecule has 0 saturated carbocycles. The van der Waals surface area contributed by atoms with Crippen molar-refractivity contribution in [3.05, 3.63) is 59.8 Å². The maximum atomic E-state index is 12.9. The average Bonchev–Trinajstić information content (AvgIpc) is 2.75. The molecular weight excluding hydrogens is 366 g/mol. The Bertz CT molecular complexity index is 1010. The molecule has 2 aromatic carbocycles. The highest BCUT2D eigenvalue weighted by atomic mass is 16.5. The third kappa shape index (κ3) is 4.32. The molecule has 0 aliphatic carbocycles. The number of rotatable bonds is 5. The molecule has 2 heterocycles. The van der Waals surface area contributed by atoms with Crippen LogP contribution in [0.5, 0.6) is 5.75 Å². The maximum absolute atomic E-state index is 12.9. The fraction of sp³-hybridized carbons (Fsp3) is 0.304. The van der Waals surface area contributed by atoms with Crippen LogP contribution >= 0.6 is 0 Å². The summed E-state index contributed by atoms with van der Waals surface area (Å²) in [7, 11) is 0. The minimum atomic E-state index is -0.230. The van der Waals surface area contributed by atoms with Crippen LogP contribution in [0.4, 0.5) is 11.4 Å². The second kappa shape index (κ2) is 8.49. The number of morpholine rings is 1. The van der Waals surface area contributed by atoms with Gasteiger partial charge in [-0.3, -0.25) is 4.79 Å². The number of carbonyl (C=O) groups excluding carboxylic acids is 1. The number of benzene rings is 2. The molecule has 150 valence electrons. The molecule has 1 aliphatic rings. The molecule has 1 aliphatic heterocycles. The van der Waals surface area contributed by atoms with Crippen LogP contribution in [-0.4, -0.2) is 43.8 Å². The third-order valence-corrected chi connectivity index (χ3v) is 4.95. The Morgan fingerprint density at radius 3 is 2.62 bits per heavy atom. The largest absolute Gasteiger partial charge is 0.494 e. The lowest BCUT2D eigenvalue weighted by Crippen LogP contribution is -2.36. The van der Waals surface area contributed by atoms with E-state index in [4.69, 9.17) is 9.47 Å². The van der Waals surface area contributed by atoms with Crippen LogP contribution < -0.4 is 15.0 Å². The van der Waals surface area contributed by atoms with Crippen molar-refractivity contribution in [2.24, 2.45) is 0 Å². The molecule has 1 N–H and O–H groups in total. The molecule has 1 amide bonds. The van der Waals surface area contributed by atoms with E-state index in [1.807, 2.05) is 49.4 Å². The van der Waals surface area contributed by atoms with E-state index in [2.05, 4.69) is 28.2 Å². The molecule has 1 fully saturated rings. The highest BCUT2D eigenvalue weighted by molar-refractivity contribution is 6.06. The minimum absolute atomic E-state index is 0.230. The summed E-state index contributed by atoms with van der Waals surface area (Å²) >= 11 is 0. The molecule has 0 bridgehead atoms. The van der Waals surface area contributed by atoms with Crippen molar-refractivity contribution in [1.82, 2.24) is 4.98 Å². The fourth-order valence-electron chi connectivity index (χ4n) is 3.50. The number of amides is 1. The van der Waals surface area contributed by atoms with Crippen molar-refractivity contribution < 1.29 is 14.3 Å². The first-order chi connectivity index (χ1) is 14.1. The zero-order valence-corrected chi connectivity index (χ0v) is 16.8. The number of ether oxygens (including phenoxy) is 2. The standard InChI is InChI=1S/C23H25N3O3/c1-3-29-18-7-5-17(6-8-18)24-23(27)21-15-22(26-10-12-28-13-11-26)19-14-16(2)4-9-20(19)25-21/h4-9,14-15H,3,10-13H2,1-2H3,(H,24,27). The number of fused-ring (bicyclic) bond motifs is 1. The molecule has 0 atom stereocenters. The molecule has 4 rings (SSSR count). The van der Waals surface area contributed by atoms with Gasteiger partial charge in [-0.05, 0) is 56.3 Å². The van der Waals surface area contributed by atoms with E-state index in [9.17, 15) is 4.79 Å². The van der Waals surface area contributed by atoms with Gasteiger partial charge in [0.1, 0.15) is 11.4 Å². The Hall–Kier alpha value is -3.12. The Labute approximate surface area is 170 Å². The number of aryl methyl sites for hydroxylation is 1. The number of pyridine rings is 1. The monoisotopic (exact) mass is 391 g/mol. The predicted molar refractivity (Wildman–Crippen MR) is 115 cm³/mol. The van der Waals surface area contributed by atoms with Crippen molar-refractivity contribution >= 4 is 28.2 Å². The highest BCUT2D eigenvalue weighted by Crippen LogP contribution is 2.29. The van der Waals surface area contributed by atoms with Gasteiger partial charge in [0.25, 0.3) is 5.91 Å². The van der Waals surface area contributed by atoms with Gasteiger partial charge in [-0.1, -0.05) is 11.6 Å². The molecule has 6 heteroatoms. The number of anilines is 2. The molecule has 29 heavy (non-hydrogen) atoms. The molecular formula is C23H25N3O3. The van der Waals surface area contributed by atoms with Gasteiger partial charge < -0.3 is 19.7 Å². The first-order valence-corrected chi connectivity index (χ1v) is 9.92. The summed E-state index contributed by atoms with van der Waals surface area (Å²) in [6.45, 7) is 7.58. The number of nitrogens with zero attached hydrogens (tertiary/aromatic N) is 2. The van der Waals surface area contributed by atoms with E-state index in [1.165, 1.54) is 5.56 Å². The van der Waals surface area contributed by atoms with E-state index >= 15 is 0 Å². The summed E-state index contributed by atoms with van der Waals surface area (Å²) in [5.74, 6) is 0.547. The predicted octanol–water partition coefficient (Wildman–Crippen LogP) is 4.03. The van der Waals surface area contributed by atoms with Crippen molar-refractivity contribution in [3.8, 4) is 5.75 Å². The van der Waals surface area contributed by atoms with E-state index in [0.29, 0.717) is 31.2 Å². The Morgan fingerprint density at radius 1 is 1.14 bits per heavy atom. The number of hydrogen-bond acceptors (Lipinski definition) is 5. The van der Waals surface area contributed by atoms with E-state index in [0.717, 1.165) is 35.4 Å². The molecule has 1 aromatic heterocycles. The lowest BCUT2D eigenvalue weighted by molar-refractivity contribution is 0.102. The van der Waals surface area contributed by atoms with E-state index in [1.54, 1.807) is 0 Å². The molecule has 0 radical (unpaired) electrons. The van der Waals surface area contributed by atoms with E-state index in [-0.39, 0.29) is 5.91 Å². The van der Waals surface area contributed by atoms with Crippen molar-refractivity contribution in [1.29, 1.82) is 0 Å². The Morgan fingerprint density at radius 2 is 1.90 bits per heavy atom. The number of carbonyl (C=O) groups is 1. The Kier molecular flexibility index (Phi) is 5.62. The van der Waals surface area contributed by atoms with Gasteiger partial charge in [-0.15, -0.1) is 0 Å². The van der Waals surface area contributed by atoms with Crippen molar-refractivity contribution in [2.45, 2.75) is 13.8 Å². The van der Waals surface area contributed by atoms with Gasteiger partial charge in [0.2, 0.25) is 0 Å². The SMILES string of the molecule is CCOc1ccc(NC(=O)c2cc(N3CCOCC3)c3cc(C)ccc3n2)cc1. The Balaban J connectivity index is 1.65. The fourth-order valence-corrected chi connectivity index (χ4v) is 3.50. The maximum Gasteiger partial charge on any atom is 0.274 e. The van der Waals surface area contributed by atoms with Gasteiger partial charge in [-0.2, -0.15) is 0 Å². The van der Waals surface area contributed by atoms with Crippen LogP contribution in [0.25, 0.3) is 10.9 Å². The van der Waals surface area contributed by atoms with Crippen LogP contribution in [0.15, 0.2) is 48.5 Å². The normalized spacial score (nSPS) is 14.1. The summed E-state index contributed by atoms with van der Waals surface area (Å²) in [6.07, 6.45) is 0. The minimum Gasteiger partial charge on any atom is -0.494 e. The van der Waals surface area contributed by atoms with Crippen LogP contribution in [-0.2, 0) is 4.74 Å². The van der Waals surface area contributed by atoms with Crippen LogP contribution in [0.2, 0.25) is 0 Å². The van der Waals surface area contributed by atoms with Gasteiger partial charge in [0, 0.05) is 29.9 Å². The summed E-state index contributed by atoms with van der Waals surface area (Å²) in [6, 6.07) is 15.4. The zero-order chi connectivity index (χ0) is 20.2. The zero-order valence-electron chi connectivity index (χ0n) is 16.8. The highest BCUT2D eigenvalue weighted by Gasteiger charge is 2.18. The van der Waals surface area contributed by atoms with Gasteiger partial charge in [0.05, 0.1) is 25.3 Å². The first-order valence-electron chi connectivity index (χ1n) is 9.92. The smallest absolute Gasteiger partial charge is 0.274 e. The summed E-state index contributed by atoms with van der Waals surface area (Å²) in [4.78, 5) is 19.8. The number of hydrogen-bond donors (Lipinski definition) is 1. The topological polar surface area (TPSA) is 63.7 Å². The first kappa shape index (κ1) is 19.2. The van der Waals surface area contributed by atoms with Crippen LogP contribution in [0.3, 0.4) is 0 Å². The van der Waals surface area contributed by atoms with Gasteiger partial charge in [-0.25, -0.2) is 4.98 Å². The third-order valence-electron chi connectivity index (χ3n) is 4.95. The summed E-state index contributed by atoms with van der Waals surface area (Å²) in [5, 5.41) is 3.99. The molecule has 0 unspecified atom stereocenters. The molecule has 1 saturated heterocycles. The quantitative estimate of drug-likeness (QED) is 0.711. The van der Waals surface area contributed by atoms with Gasteiger partial charge in [0.15, 0.2) is 0 Å². The van der Waals surface area contributed by atoms with Crippen molar-refractivity contribution in [2.75, 3.05) is 43.1 Å². The second-order valence-corrected chi connectivity index (χ2v) is 7.06. The summed E-state index contributed by atoms with van der Waals surface area (Å²) in [5.41, 5.74) is 4.12.